The molecule has 1 saturated heterocycles. The number of carbonyl (C=O) groups excluding carboxylic acids is 1. The van der Waals surface area contributed by atoms with Crippen molar-refractivity contribution in [2.45, 2.75) is 25.8 Å². The first-order valence-corrected chi connectivity index (χ1v) is 6.67. The van der Waals surface area contributed by atoms with Crippen LogP contribution in [-0.2, 0) is 0 Å². The summed E-state index contributed by atoms with van der Waals surface area (Å²) in [5.41, 5.74) is 2.30. The summed E-state index contributed by atoms with van der Waals surface area (Å²) in [6, 6.07) is 0.342. The number of hydrogen-bond donors (Lipinski definition) is 1. The predicted molar refractivity (Wildman–Crippen MR) is 64.7 cm³/mol. The minimum Gasteiger partial charge on any atom is -0.333 e. The first-order chi connectivity index (χ1) is 7.83. The molecule has 1 N–H and O–H groups in total. The molecule has 1 amide bonds. The van der Waals surface area contributed by atoms with Gasteiger partial charge in [-0.1, -0.05) is 6.92 Å². The Morgan fingerprint density at radius 1 is 1.75 bits per heavy atom. The van der Waals surface area contributed by atoms with Crippen molar-refractivity contribution in [1.29, 1.82) is 0 Å². The van der Waals surface area contributed by atoms with Crippen LogP contribution < -0.4 is 5.32 Å². The summed E-state index contributed by atoms with van der Waals surface area (Å²) < 4.78 is 0. The molecule has 1 aliphatic heterocycles. The van der Waals surface area contributed by atoms with E-state index in [-0.39, 0.29) is 5.91 Å². The van der Waals surface area contributed by atoms with E-state index in [2.05, 4.69) is 17.2 Å². The average molecular weight is 239 g/mol. The second-order valence-electron chi connectivity index (χ2n) is 4.02. The molecule has 1 atom stereocenters. The highest BCUT2D eigenvalue weighted by Crippen LogP contribution is 2.14. The molecule has 2 heterocycles. The van der Waals surface area contributed by atoms with Crippen molar-refractivity contribution >= 4 is 17.2 Å². The van der Waals surface area contributed by atoms with Crippen LogP contribution in [0.25, 0.3) is 0 Å². The van der Waals surface area contributed by atoms with Gasteiger partial charge in [0.15, 0.2) is 0 Å². The van der Waals surface area contributed by atoms with Gasteiger partial charge in [-0.25, -0.2) is 4.98 Å². The van der Waals surface area contributed by atoms with E-state index in [1.807, 2.05) is 10.3 Å². The zero-order chi connectivity index (χ0) is 11.4. The third kappa shape index (κ3) is 2.41. The number of nitrogens with zero attached hydrogens (tertiary/aromatic N) is 2. The fourth-order valence-electron chi connectivity index (χ4n) is 2.06. The molecule has 5 heteroatoms. The summed E-state index contributed by atoms with van der Waals surface area (Å²) in [4.78, 5) is 18.3. The topological polar surface area (TPSA) is 45.2 Å². The average Bonchev–Trinajstić information content (AvgIpc) is 2.96. The van der Waals surface area contributed by atoms with Gasteiger partial charge in [0, 0.05) is 24.5 Å². The SMILES string of the molecule is CCCN(C(=O)c1cscn1)[C@@H]1CCNC1. The van der Waals surface area contributed by atoms with Crippen LogP contribution in [0.4, 0.5) is 0 Å². The van der Waals surface area contributed by atoms with Crippen molar-refractivity contribution in [3.63, 3.8) is 0 Å². The van der Waals surface area contributed by atoms with Gasteiger partial charge >= 0.3 is 0 Å². The van der Waals surface area contributed by atoms with E-state index in [0.717, 1.165) is 32.5 Å². The van der Waals surface area contributed by atoms with Crippen molar-refractivity contribution in [3.05, 3.63) is 16.6 Å². The Hall–Kier alpha value is -0.940. The van der Waals surface area contributed by atoms with E-state index in [0.29, 0.717) is 11.7 Å². The molecule has 4 nitrogen and oxygen atoms in total. The predicted octanol–water partition coefficient (Wildman–Crippen LogP) is 1.36. The van der Waals surface area contributed by atoms with Crippen molar-refractivity contribution in [1.82, 2.24) is 15.2 Å². The van der Waals surface area contributed by atoms with E-state index in [1.165, 1.54) is 11.3 Å². The van der Waals surface area contributed by atoms with E-state index in [1.54, 1.807) is 5.51 Å². The van der Waals surface area contributed by atoms with E-state index >= 15 is 0 Å². The molecule has 16 heavy (non-hydrogen) atoms. The molecule has 0 bridgehead atoms. The lowest BCUT2D eigenvalue weighted by Crippen LogP contribution is -2.42. The van der Waals surface area contributed by atoms with Crippen LogP contribution in [0.1, 0.15) is 30.3 Å². The minimum atomic E-state index is 0.0804. The molecule has 88 valence electrons. The Labute approximate surface area is 99.7 Å². The lowest BCUT2D eigenvalue weighted by atomic mass is 10.2. The monoisotopic (exact) mass is 239 g/mol. The van der Waals surface area contributed by atoms with Crippen LogP contribution in [0.5, 0.6) is 0 Å². The molecule has 0 unspecified atom stereocenters. The van der Waals surface area contributed by atoms with Gasteiger partial charge in [-0.3, -0.25) is 4.79 Å². The smallest absolute Gasteiger partial charge is 0.273 e. The van der Waals surface area contributed by atoms with Gasteiger partial charge < -0.3 is 10.2 Å². The van der Waals surface area contributed by atoms with Gasteiger partial charge in [0.1, 0.15) is 5.69 Å². The van der Waals surface area contributed by atoms with Crippen LogP contribution in [0.3, 0.4) is 0 Å². The molecule has 0 aromatic carbocycles. The molecule has 0 saturated carbocycles. The number of carbonyl (C=O) groups is 1. The summed E-state index contributed by atoms with van der Waals surface area (Å²) in [6.07, 6.45) is 2.04. The van der Waals surface area contributed by atoms with Crippen LogP contribution in [0.2, 0.25) is 0 Å². The number of amides is 1. The number of thiazole rings is 1. The number of rotatable bonds is 4. The van der Waals surface area contributed by atoms with Crippen LogP contribution in [0.15, 0.2) is 10.9 Å². The molecular weight excluding hydrogens is 222 g/mol. The molecule has 0 spiro atoms. The van der Waals surface area contributed by atoms with Crippen LogP contribution in [-0.4, -0.2) is 41.5 Å². The zero-order valence-electron chi connectivity index (χ0n) is 9.48. The van der Waals surface area contributed by atoms with Crippen LogP contribution in [0, 0.1) is 0 Å². The Morgan fingerprint density at radius 2 is 2.62 bits per heavy atom. The highest BCUT2D eigenvalue weighted by molar-refractivity contribution is 7.07. The Bertz CT molecular complexity index is 333. The van der Waals surface area contributed by atoms with Gasteiger partial charge in [-0.15, -0.1) is 11.3 Å². The molecule has 0 aliphatic carbocycles. The molecule has 1 fully saturated rings. The highest BCUT2D eigenvalue weighted by atomic mass is 32.1. The van der Waals surface area contributed by atoms with Crippen molar-refractivity contribution in [2.75, 3.05) is 19.6 Å². The first-order valence-electron chi connectivity index (χ1n) is 5.72. The van der Waals surface area contributed by atoms with E-state index < -0.39 is 0 Å². The van der Waals surface area contributed by atoms with E-state index in [9.17, 15) is 4.79 Å². The molecule has 1 aromatic heterocycles. The highest BCUT2D eigenvalue weighted by Gasteiger charge is 2.27. The van der Waals surface area contributed by atoms with Gasteiger partial charge in [0.2, 0.25) is 0 Å². The molecule has 1 aliphatic rings. The summed E-state index contributed by atoms with van der Waals surface area (Å²) >= 11 is 1.47. The van der Waals surface area contributed by atoms with Gasteiger partial charge in [-0.05, 0) is 19.4 Å². The van der Waals surface area contributed by atoms with Gasteiger partial charge in [0.25, 0.3) is 5.91 Å². The van der Waals surface area contributed by atoms with Crippen molar-refractivity contribution in [3.8, 4) is 0 Å². The third-order valence-corrected chi connectivity index (χ3v) is 3.44. The lowest BCUT2D eigenvalue weighted by molar-refractivity contribution is 0.0687. The quantitative estimate of drug-likeness (QED) is 0.863. The number of aromatic nitrogens is 1. The minimum absolute atomic E-state index is 0.0804. The Balaban J connectivity index is 2.09. The maximum Gasteiger partial charge on any atom is 0.273 e. The molecule has 1 aromatic rings. The normalized spacial score (nSPS) is 19.9. The van der Waals surface area contributed by atoms with Crippen molar-refractivity contribution in [2.24, 2.45) is 0 Å². The zero-order valence-corrected chi connectivity index (χ0v) is 10.3. The molecule has 2 rings (SSSR count). The summed E-state index contributed by atoms with van der Waals surface area (Å²) in [6.45, 7) is 4.84. The standard InChI is InChI=1S/C11H17N3OS/c1-2-5-14(9-3-4-12-6-9)11(15)10-7-16-8-13-10/h7-9,12H,2-6H2,1H3/t9-/m1/s1. The Morgan fingerprint density at radius 3 is 3.19 bits per heavy atom. The van der Waals surface area contributed by atoms with Crippen molar-refractivity contribution < 1.29 is 4.79 Å². The van der Waals surface area contributed by atoms with Crippen LogP contribution >= 0.6 is 11.3 Å². The first kappa shape index (κ1) is 11.5. The summed E-state index contributed by atoms with van der Waals surface area (Å²) in [7, 11) is 0. The Kier molecular flexibility index (Phi) is 3.90. The largest absolute Gasteiger partial charge is 0.333 e. The van der Waals surface area contributed by atoms with Gasteiger partial charge in [0.05, 0.1) is 5.51 Å². The third-order valence-electron chi connectivity index (χ3n) is 2.85. The number of hydrogen-bond acceptors (Lipinski definition) is 4. The second-order valence-corrected chi connectivity index (χ2v) is 4.74. The second kappa shape index (κ2) is 5.41. The summed E-state index contributed by atoms with van der Waals surface area (Å²) in [5, 5.41) is 5.13. The maximum atomic E-state index is 12.2. The fraction of sp³-hybridized carbons (Fsp3) is 0.636. The molecule has 0 radical (unpaired) electrons. The maximum absolute atomic E-state index is 12.2. The lowest BCUT2D eigenvalue weighted by Gasteiger charge is -2.27. The molecular formula is C11H17N3OS. The van der Waals surface area contributed by atoms with E-state index in [4.69, 9.17) is 0 Å². The summed E-state index contributed by atoms with van der Waals surface area (Å²) in [5.74, 6) is 0.0804. The fourth-order valence-corrected chi connectivity index (χ4v) is 2.59. The van der Waals surface area contributed by atoms with Gasteiger partial charge in [-0.2, -0.15) is 0 Å². The number of nitrogens with one attached hydrogen (secondary N) is 1.